The highest BCUT2D eigenvalue weighted by molar-refractivity contribution is 5.32. The van der Waals surface area contributed by atoms with Crippen molar-refractivity contribution >= 4 is 0 Å². The molecule has 0 spiro atoms. The number of nitrogens with two attached hydrogens (primary N) is 1. The quantitative estimate of drug-likeness (QED) is 0.728. The molecule has 1 aliphatic rings. The van der Waals surface area contributed by atoms with E-state index in [4.69, 9.17) is 5.73 Å². The molecule has 0 aromatic heterocycles. The molecule has 0 saturated carbocycles. The lowest BCUT2D eigenvalue weighted by Gasteiger charge is -2.31. The number of unbranched alkanes of at least 4 members (excludes halogenated alkanes) is 4. The molecule has 1 aromatic rings. The van der Waals surface area contributed by atoms with E-state index in [-0.39, 0.29) is 6.04 Å². The number of aryl methyl sites for hydroxylation is 1. The molecule has 1 nitrogen and oxygen atoms in total. The fourth-order valence-electron chi connectivity index (χ4n) is 3.20. The summed E-state index contributed by atoms with van der Waals surface area (Å²) in [6.07, 6.45) is 10.7. The van der Waals surface area contributed by atoms with Gasteiger partial charge in [-0.25, -0.2) is 0 Å². The van der Waals surface area contributed by atoms with E-state index in [0.717, 1.165) is 0 Å². The van der Waals surface area contributed by atoms with Gasteiger partial charge < -0.3 is 5.73 Å². The maximum Gasteiger partial charge on any atom is 0.0326 e. The summed E-state index contributed by atoms with van der Waals surface area (Å²) in [4.78, 5) is 0. The van der Waals surface area contributed by atoms with Gasteiger partial charge in [0.25, 0.3) is 0 Å². The van der Waals surface area contributed by atoms with Gasteiger partial charge in [0, 0.05) is 6.04 Å². The zero-order valence-electron chi connectivity index (χ0n) is 11.7. The third kappa shape index (κ3) is 3.35. The number of hydrogen-bond donors (Lipinski definition) is 1. The van der Waals surface area contributed by atoms with E-state index in [1.807, 2.05) is 0 Å². The smallest absolute Gasteiger partial charge is 0.0326 e. The fraction of sp³-hybridized carbons (Fsp3) is 0.647. The van der Waals surface area contributed by atoms with E-state index in [1.54, 1.807) is 0 Å². The van der Waals surface area contributed by atoms with E-state index in [9.17, 15) is 0 Å². The normalized spacial score (nSPS) is 22.8. The Morgan fingerprint density at radius 1 is 1.11 bits per heavy atom. The highest BCUT2D eigenvalue weighted by atomic mass is 14.7. The second-order valence-corrected chi connectivity index (χ2v) is 5.73. The summed E-state index contributed by atoms with van der Waals surface area (Å²) in [5.41, 5.74) is 9.32. The van der Waals surface area contributed by atoms with Gasteiger partial charge in [0.2, 0.25) is 0 Å². The van der Waals surface area contributed by atoms with Gasteiger partial charge in [0.05, 0.1) is 0 Å². The lowest BCUT2D eigenvalue weighted by Crippen LogP contribution is -2.27. The molecule has 2 unspecified atom stereocenters. The third-order valence-corrected chi connectivity index (χ3v) is 4.39. The predicted octanol–water partition coefficient (Wildman–Crippen LogP) is 4.61. The van der Waals surface area contributed by atoms with Crippen LogP contribution in [0.4, 0.5) is 0 Å². The first-order valence-corrected chi connectivity index (χ1v) is 7.66. The van der Waals surface area contributed by atoms with Crippen molar-refractivity contribution in [3.05, 3.63) is 35.4 Å². The Bertz CT molecular complexity index is 358. The van der Waals surface area contributed by atoms with Crippen LogP contribution < -0.4 is 5.73 Å². The van der Waals surface area contributed by atoms with Crippen molar-refractivity contribution in [1.29, 1.82) is 0 Å². The maximum absolute atomic E-state index is 6.43. The molecule has 0 aliphatic heterocycles. The van der Waals surface area contributed by atoms with Crippen molar-refractivity contribution in [3.63, 3.8) is 0 Å². The molecule has 0 bridgehead atoms. The molecular weight excluding hydrogens is 218 g/mol. The van der Waals surface area contributed by atoms with Crippen LogP contribution in [0.1, 0.15) is 69.0 Å². The van der Waals surface area contributed by atoms with Gasteiger partial charge in [-0.2, -0.15) is 0 Å². The van der Waals surface area contributed by atoms with Crippen LogP contribution in [-0.4, -0.2) is 0 Å². The van der Waals surface area contributed by atoms with Gasteiger partial charge in [0.15, 0.2) is 0 Å². The molecule has 1 heteroatoms. The van der Waals surface area contributed by atoms with E-state index in [2.05, 4.69) is 31.2 Å². The maximum atomic E-state index is 6.43. The van der Waals surface area contributed by atoms with Crippen LogP contribution in [0.25, 0.3) is 0 Å². The molecule has 1 aliphatic carbocycles. The molecule has 100 valence electrons. The topological polar surface area (TPSA) is 26.0 Å². The van der Waals surface area contributed by atoms with E-state index < -0.39 is 0 Å². The first-order chi connectivity index (χ1) is 8.83. The van der Waals surface area contributed by atoms with E-state index in [0.29, 0.717) is 5.92 Å². The zero-order valence-corrected chi connectivity index (χ0v) is 11.7. The molecule has 0 saturated heterocycles. The molecule has 0 heterocycles. The zero-order chi connectivity index (χ0) is 12.8. The Labute approximate surface area is 112 Å². The molecular formula is C17H27N. The average Bonchev–Trinajstić information content (AvgIpc) is 2.41. The van der Waals surface area contributed by atoms with Crippen molar-refractivity contribution in [1.82, 2.24) is 0 Å². The Kier molecular flexibility index (Phi) is 5.25. The molecule has 2 rings (SSSR count). The second kappa shape index (κ2) is 6.94. The minimum absolute atomic E-state index is 0.279. The van der Waals surface area contributed by atoms with E-state index >= 15 is 0 Å². The van der Waals surface area contributed by atoms with Gasteiger partial charge in [-0.3, -0.25) is 0 Å². The summed E-state index contributed by atoms with van der Waals surface area (Å²) in [7, 11) is 0. The summed E-state index contributed by atoms with van der Waals surface area (Å²) in [6.45, 7) is 2.27. The average molecular weight is 245 g/mol. The van der Waals surface area contributed by atoms with Crippen LogP contribution in [0.3, 0.4) is 0 Å². The van der Waals surface area contributed by atoms with Crippen LogP contribution in [0.5, 0.6) is 0 Å². The Morgan fingerprint density at radius 2 is 1.89 bits per heavy atom. The molecule has 0 radical (unpaired) electrons. The lowest BCUT2D eigenvalue weighted by atomic mass is 9.78. The van der Waals surface area contributed by atoms with Crippen LogP contribution >= 0.6 is 0 Å². The molecule has 0 fully saturated rings. The van der Waals surface area contributed by atoms with Crippen molar-refractivity contribution in [2.75, 3.05) is 0 Å². The SMILES string of the molecule is CCCCCCCC1CCc2ccccc2C1N. The van der Waals surface area contributed by atoms with Gasteiger partial charge in [-0.05, 0) is 36.3 Å². The van der Waals surface area contributed by atoms with E-state index in [1.165, 1.54) is 62.5 Å². The molecule has 2 N–H and O–H groups in total. The van der Waals surface area contributed by atoms with Crippen molar-refractivity contribution in [3.8, 4) is 0 Å². The highest BCUT2D eigenvalue weighted by Crippen LogP contribution is 2.35. The van der Waals surface area contributed by atoms with Crippen LogP contribution in [0.15, 0.2) is 24.3 Å². The Balaban J connectivity index is 1.82. The van der Waals surface area contributed by atoms with Crippen molar-refractivity contribution in [2.24, 2.45) is 11.7 Å². The monoisotopic (exact) mass is 245 g/mol. The van der Waals surface area contributed by atoms with Crippen LogP contribution in [0.2, 0.25) is 0 Å². The number of fused-ring (bicyclic) bond motifs is 1. The summed E-state index contributed by atoms with van der Waals surface area (Å²) >= 11 is 0. The largest absolute Gasteiger partial charge is 0.324 e. The van der Waals surface area contributed by atoms with Crippen molar-refractivity contribution < 1.29 is 0 Å². The van der Waals surface area contributed by atoms with Crippen LogP contribution in [0, 0.1) is 5.92 Å². The van der Waals surface area contributed by atoms with Crippen molar-refractivity contribution in [2.45, 2.75) is 64.3 Å². The molecule has 1 aromatic carbocycles. The number of benzene rings is 1. The molecule has 18 heavy (non-hydrogen) atoms. The highest BCUT2D eigenvalue weighted by Gasteiger charge is 2.25. The fourth-order valence-corrected chi connectivity index (χ4v) is 3.20. The summed E-state index contributed by atoms with van der Waals surface area (Å²) in [6, 6.07) is 9.01. The first-order valence-electron chi connectivity index (χ1n) is 7.66. The minimum Gasteiger partial charge on any atom is -0.324 e. The number of rotatable bonds is 6. The minimum atomic E-state index is 0.279. The summed E-state index contributed by atoms with van der Waals surface area (Å²) < 4.78 is 0. The lowest BCUT2D eigenvalue weighted by molar-refractivity contribution is 0.341. The number of hydrogen-bond acceptors (Lipinski definition) is 1. The standard InChI is InChI=1S/C17H27N/c1-2-3-4-5-6-10-15-13-12-14-9-7-8-11-16(14)17(15)18/h7-9,11,15,17H,2-6,10,12-13,18H2,1H3. The summed E-state index contributed by atoms with van der Waals surface area (Å²) in [5.74, 6) is 0.710. The van der Waals surface area contributed by atoms with Gasteiger partial charge >= 0.3 is 0 Å². The van der Waals surface area contributed by atoms with Gasteiger partial charge in [-0.1, -0.05) is 63.3 Å². The van der Waals surface area contributed by atoms with Gasteiger partial charge in [0.1, 0.15) is 0 Å². The van der Waals surface area contributed by atoms with Gasteiger partial charge in [-0.15, -0.1) is 0 Å². The van der Waals surface area contributed by atoms with Crippen LogP contribution in [-0.2, 0) is 6.42 Å². The predicted molar refractivity (Wildman–Crippen MR) is 78.6 cm³/mol. The Hall–Kier alpha value is -0.820. The second-order valence-electron chi connectivity index (χ2n) is 5.73. The molecule has 0 amide bonds. The third-order valence-electron chi connectivity index (χ3n) is 4.39. The molecule has 2 atom stereocenters. The Morgan fingerprint density at radius 3 is 2.72 bits per heavy atom. The summed E-state index contributed by atoms with van der Waals surface area (Å²) in [5, 5.41) is 0. The first kappa shape index (κ1) is 13.6.